The average molecular weight is 625 g/mol. The molecule has 49 heavy (non-hydrogen) atoms. The fourth-order valence-electron chi connectivity index (χ4n) is 9.33. The molecule has 0 bridgehead atoms. The third-order valence-corrected chi connectivity index (χ3v) is 11.2. The lowest BCUT2D eigenvalue weighted by Crippen LogP contribution is -2.16. The molecule has 0 radical (unpaired) electrons. The van der Waals surface area contributed by atoms with E-state index in [-0.39, 0.29) is 5.41 Å². The lowest BCUT2D eigenvalue weighted by molar-refractivity contribution is 0.672. The van der Waals surface area contributed by atoms with Gasteiger partial charge in [0.1, 0.15) is 0 Å². The SMILES string of the molecule is CC1(C)c2c(ccc3ccccc23)-c2c1c1ccccc1c1c3ccccc3n(-c3ccc4c(c3)c3ccccc3n4-c3ccccc3)c21. The van der Waals surface area contributed by atoms with Gasteiger partial charge < -0.3 is 9.13 Å². The second-order valence-electron chi connectivity index (χ2n) is 14.1. The maximum absolute atomic E-state index is 2.56. The topological polar surface area (TPSA) is 9.86 Å². The van der Waals surface area contributed by atoms with E-state index in [1.54, 1.807) is 0 Å². The van der Waals surface area contributed by atoms with Gasteiger partial charge in [-0.05, 0) is 80.7 Å². The standard InChI is InChI=1S/C47H32N2/c1-47(2)44-32-17-7-6-14-29(32)24-26-37(44)43-45(47)35-20-9-8-19-34(35)42-36-21-11-13-23-40(36)49(46(42)43)31-25-27-41-38(28-31)33-18-10-12-22-39(33)48(41)30-15-4-3-5-16-30/h3-28H,1-2H3. The van der Waals surface area contributed by atoms with Crippen LogP contribution in [0.5, 0.6) is 0 Å². The third kappa shape index (κ3) is 3.40. The molecule has 0 aliphatic heterocycles. The van der Waals surface area contributed by atoms with Gasteiger partial charge in [-0.2, -0.15) is 0 Å². The van der Waals surface area contributed by atoms with Gasteiger partial charge in [-0.3, -0.25) is 0 Å². The normalized spacial score (nSPS) is 13.7. The van der Waals surface area contributed by atoms with Crippen LogP contribution < -0.4 is 0 Å². The van der Waals surface area contributed by atoms with Gasteiger partial charge in [0, 0.05) is 43.9 Å². The highest BCUT2D eigenvalue weighted by molar-refractivity contribution is 6.28. The first kappa shape index (κ1) is 26.9. The molecule has 2 heteroatoms. The molecule has 0 fully saturated rings. The number of nitrogens with zero attached hydrogens (tertiary/aromatic N) is 2. The van der Waals surface area contributed by atoms with Crippen LogP contribution in [0.3, 0.4) is 0 Å². The van der Waals surface area contributed by atoms with Crippen LogP contribution >= 0.6 is 0 Å². The van der Waals surface area contributed by atoms with Crippen molar-refractivity contribution in [2.24, 2.45) is 0 Å². The highest BCUT2D eigenvalue weighted by Gasteiger charge is 2.41. The first-order chi connectivity index (χ1) is 24.1. The van der Waals surface area contributed by atoms with Crippen molar-refractivity contribution in [3.63, 3.8) is 0 Å². The molecule has 8 aromatic carbocycles. The Labute approximate surface area is 284 Å². The molecule has 2 heterocycles. The summed E-state index contributed by atoms with van der Waals surface area (Å²) in [5, 5.41) is 10.4. The zero-order valence-electron chi connectivity index (χ0n) is 27.4. The molecule has 0 atom stereocenters. The summed E-state index contributed by atoms with van der Waals surface area (Å²) in [6.45, 7) is 4.86. The molecule has 0 unspecified atom stereocenters. The second-order valence-corrected chi connectivity index (χ2v) is 14.1. The van der Waals surface area contributed by atoms with E-state index in [1.165, 1.54) is 98.8 Å². The van der Waals surface area contributed by atoms with Gasteiger partial charge >= 0.3 is 0 Å². The van der Waals surface area contributed by atoms with E-state index in [2.05, 4.69) is 181 Å². The minimum absolute atomic E-state index is 0.187. The van der Waals surface area contributed by atoms with Gasteiger partial charge in [0.15, 0.2) is 0 Å². The second kappa shape index (κ2) is 9.49. The Morgan fingerprint density at radius 1 is 0.408 bits per heavy atom. The molecule has 0 amide bonds. The van der Waals surface area contributed by atoms with Crippen molar-refractivity contribution >= 4 is 65.2 Å². The van der Waals surface area contributed by atoms with Crippen molar-refractivity contribution in [3.05, 3.63) is 169 Å². The van der Waals surface area contributed by atoms with Crippen LogP contribution in [0, 0.1) is 0 Å². The monoisotopic (exact) mass is 624 g/mol. The van der Waals surface area contributed by atoms with Crippen LogP contribution in [0.2, 0.25) is 0 Å². The Bertz CT molecular complexity index is 3010. The molecule has 1 aliphatic carbocycles. The number of para-hydroxylation sites is 3. The Morgan fingerprint density at radius 2 is 1.02 bits per heavy atom. The van der Waals surface area contributed by atoms with Crippen LogP contribution in [0.25, 0.3) is 87.7 Å². The summed E-state index contributed by atoms with van der Waals surface area (Å²) in [4.78, 5) is 0. The van der Waals surface area contributed by atoms with E-state index in [4.69, 9.17) is 0 Å². The molecule has 0 saturated carbocycles. The number of fused-ring (bicyclic) bond motifs is 15. The summed E-state index contributed by atoms with van der Waals surface area (Å²) in [5.41, 5.74) is 12.7. The quantitative estimate of drug-likeness (QED) is 0.181. The van der Waals surface area contributed by atoms with Crippen molar-refractivity contribution in [1.82, 2.24) is 9.13 Å². The molecule has 0 N–H and O–H groups in total. The lowest BCUT2D eigenvalue weighted by Gasteiger charge is -2.25. The lowest BCUT2D eigenvalue weighted by atomic mass is 9.78. The Balaban J connectivity index is 1.33. The maximum Gasteiger partial charge on any atom is 0.0629 e. The summed E-state index contributed by atoms with van der Waals surface area (Å²) in [5.74, 6) is 0. The summed E-state index contributed by atoms with van der Waals surface area (Å²) >= 11 is 0. The first-order valence-electron chi connectivity index (χ1n) is 17.2. The minimum atomic E-state index is -0.187. The molecule has 2 nitrogen and oxygen atoms in total. The smallest absolute Gasteiger partial charge is 0.0629 e. The van der Waals surface area contributed by atoms with E-state index >= 15 is 0 Å². The number of hydrogen-bond acceptors (Lipinski definition) is 0. The van der Waals surface area contributed by atoms with E-state index in [0.29, 0.717) is 0 Å². The van der Waals surface area contributed by atoms with E-state index in [1.807, 2.05) is 0 Å². The molecule has 1 aliphatic rings. The predicted octanol–water partition coefficient (Wildman–Crippen LogP) is 12.5. The van der Waals surface area contributed by atoms with E-state index in [0.717, 1.165) is 0 Å². The van der Waals surface area contributed by atoms with Crippen molar-refractivity contribution in [2.45, 2.75) is 19.3 Å². The van der Waals surface area contributed by atoms with Gasteiger partial charge in [0.05, 0.1) is 22.1 Å². The van der Waals surface area contributed by atoms with Crippen molar-refractivity contribution in [3.8, 4) is 22.5 Å². The highest BCUT2D eigenvalue weighted by atomic mass is 15.0. The minimum Gasteiger partial charge on any atom is -0.309 e. The molecule has 230 valence electrons. The van der Waals surface area contributed by atoms with Gasteiger partial charge in [0.2, 0.25) is 0 Å². The zero-order valence-corrected chi connectivity index (χ0v) is 27.4. The molecule has 0 saturated heterocycles. The van der Waals surface area contributed by atoms with Crippen molar-refractivity contribution in [1.29, 1.82) is 0 Å². The summed E-state index contributed by atoms with van der Waals surface area (Å²) < 4.78 is 4.96. The average Bonchev–Trinajstić information content (AvgIpc) is 3.75. The van der Waals surface area contributed by atoms with Crippen molar-refractivity contribution < 1.29 is 0 Å². The summed E-state index contributed by atoms with van der Waals surface area (Å²) in [7, 11) is 0. The fourth-order valence-corrected chi connectivity index (χ4v) is 9.33. The van der Waals surface area contributed by atoms with Crippen LogP contribution in [-0.4, -0.2) is 9.13 Å². The number of rotatable bonds is 2. The van der Waals surface area contributed by atoms with Crippen LogP contribution in [0.4, 0.5) is 0 Å². The molecular weight excluding hydrogens is 593 g/mol. The molecular formula is C47H32N2. The molecule has 0 spiro atoms. The number of hydrogen-bond donors (Lipinski definition) is 0. The Kier molecular flexibility index (Phi) is 5.21. The highest BCUT2D eigenvalue weighted by Crippen LogP contribution is 2.58. The van der Waals surface area contributed by atoms with Crippen LogP contribution in [-0.2, 0) is 5.41 Å². The predicted molar refractivity (Wildman–Crippen MR) is 208 cm³/mol. The van der Waals surface area contributed by atoms with E-state index in [9.17, 15) is 0 Å². The summed E-state index contributed by atoms with van der Waals surface area (Å²) in [6, 6.07) is 58.3. The molecule has 10 aromatic rings. The molecule has 11 rings (SSSR count). The largest absolute Gasteiger partial charge is 0.309 e. The third-order valence-electron chi connectivity index (χ3n) is 11.2. The number of aromatic nitrogens is 2. The van der Waals surface area contributed by atoms with Gasteiger partial charge in [-0.1, -0.05) is 129 Å². The van der Waals surface area contributed by atoms with Gasteiger partial charge in [0.25, 0.3) is 0 Å². The zero-order chi connectivity index (χ0) is 32.4. The fraction of sp³-hybridized carbons (Fsp3) is 0.0638. The Morgan fingerprint density at radius 3 is 1.82 bits per heavy atom. The van der Waals surface area contributed by atoms with Crippen molar-refractivity contribution in [2.75, 3.05) is 0 Å². The number of benzene rings is 8. The van der Waals surface area contributed by atoms with E-state index < -0.39 is 0 Å². The first-order valence-corrected chi connectivity index (χ1v) is 17.2. The molecule has 2 aromatic heterocycles. The van der Waals surface area contributed by atoms with Gasteiger partial charge in [-0.15, -0.1) is 0 Å². The van der Waals surface area contributed by atoms with Crippen LogP contribution in [0.1, 0.15) is 25.0 Å². The Hall–Kier alpha value is -6.12. The maximum atomic E-state index is 2.56. The summed E-state index contributed by atoms with van der Waals surface area (Å²) in [6.07, 6.45) is 0. The van der Waals surface area contributed by atoms with Crippen LogP contribution in [0.15, 0.2) is 158 Å². The van der Waals surface area contributed by atoms with Gasteiger partial charge in [-0.25, -0.2) is 0 Å².